The van der Waals surface area contributed by atoms with Crippen LogP contribution in [0.5, 0.6) is 0 Å². The van der Waals surface area contributed by atoms with Crippen LogP contribution >= 0.6 is 0 Å². The molecule has 0 saturated heterocycles. The first-order valence-corrected chi connectivity index (χ1v) is 4.32. The lowest BCUT2D eigenvalue weighted by atomic mass is 10.1. The van der Waals surface area contributed by atoms with Gasteiger partial charge in [-0.2, -0.15) is 0 Å². The van der Waals surface area contributed by atoms with Gasteiger partial charge in [0.05, 0.1) is 0 Å². The van der Waals surface area contributed by atoms with E-state index in [1.54, 1.807) is 6.08 Å². The first-order valence-electron chi connectivity index (χ1n) is 4.32. The van der Waals surface area contributed by atoms with Gasteiger partial charge in [-0.1, -0.05) is 36.9 Å². The molecule has 3 nitrogen and oxygen atoms in total. The van der Waals surface area contributed by atoms with Gasteiger partial charge in [-0.05, 0) is 11.1 Å². The highest BCUT2D eigenvalue weighted by Crippen LogP contribution is 2.10. The summed E-state index contributed by atoms with van der Waals surface area (Å²) in [7, 11) is 1.53. The zero-order valence-electron chi connectivity index (χ0n) is 8.12. The molecule has 0 heterocycles. The number of amides is 1. The Balaban J connectivity index is 2.66. The molecule has 1 aromatic carbocycles. The molecule has 0 aliphatic heterocycles. The maximum absolute atomic E-state index is 10.8. The largest absolute Gasteiger partial charge is 0.445 e. The standard InChI is InChI=1S/C11H13NO2/c1-3-9-6-4-5-7-10(9)8-14-11(13)12-2/h3-7H,1,8H2,2H3,(H,12,13). The van der Waals surface area contributed by atoms with Crippen molar-refractivity contribution < 1.29 is 9.53 Å². The number of carbonyl (C=O) groups is 1. The molecule has 14 heavy (non-hydrogen) atoms. The highest BCUT2D eigenvalue weighted by Gasteiger charge is 2.01. The summed E-state index contributed by atoms with van der Waals surface area (Å²) in [5, 5.41) is 2.39. The summed E-state index contributed by atoms with van der Waals surface area (Å²) in [5.41, 5.74) is 1.93. The van der Waals surface area contributed by atoms with Crippen LogP contribution in [-0.2, 0) is 11.3 Å². The summed E-state index contributed by atoms with van der Waals surface area (Å²) in [6.07, 6.45) is 1.31. The first-order chi connectivity index (χ1) is 6.77. The van der Waals surface area contributed by atoms with Crippen LogP contribution in [0.4, 0.5) is 4.79 Å². The average Bonchev–Trinajstić information content (AvgIpc) is 2.26. The van der Waals surface area contributed by atoms with Crippen molar-refractivity contribution >= 4 is 12.2 Å². The summed E-state index contributed by atoms with van der Waals surface area (Å²) in [5.74, 6) is 0. The fourth-order valence-corrected chi connectivity index (χ4v) is 1.08. The molecule has 0 fully saturated rings. The highest BCUT2D eigenvalue weighted by molar-refractivity contribution is 5.66. The van der Waals surface area contributed by atoms with Crippen LogP contribution in [0, 0.1) is 0 Å². The maximum Gasteiger partial charge on any atom is 0.407 e. The van der Waals surface area contributed by atoms with Gasteiger partial charge < -0.3 is 10.1 Å². The van der Waals surface area contributed by atoms with E-state index in [-0.39, 0.29) is 6.61 Å². The second kappa shape index (κ2) is 5.07. The molecule has 1 rings (SSSR count). The van der Waals surface area contributed by atoms with Crippen LogP contribution in [0.2, 0.25) is 0 Å². The lowest BCUT2D eigenvalue weighted by Crippen LogP contribution is -2.19. The molecule has 0 saturated carbocycles. The van der Waals surface area contributed by atoms with Crippen molar-refractivity contribution in [1.82, 2.24) is 5.32 Å². The Morgan fingerprint density at radius 3 is 2.93 bits per heavy atom. The molecule has 0 atom stereocenters. The van der Waals surface area contributed by atoms with Crippen molar-refractivity contribution in [2.45, 2.75) is 6.61 Å². The van der Waals surface area contributed by atoms with Gasteiger partial charge >= 0.3 is 6.09 Å². The molecule has 1 N–H and O–H groups in total. The molecule has 0 radical (unpaired) electrons. The quantitative estimate of drug-likeness (QED) is 0.795. The molecule has 1 aromatic rings. The number of benzene rings is 1. The predicted octanol–water partition coefficient (Wildman–Crippen LogP) is 2.19. The van der Waals surface area contributed by atoms with Gasteiger partial charge in [0.1, 0.15) is 6.61 Å². The van der Waals surface area contributed by atoms with Crippen LogP contribution in [0.25, 0.3) is 6.08 Å². The number of hydrogen-bond acceptors (Lipinski definition) is 2. The first kappa shape index (κ1) is 10.3. The van der Waals surface area contributed by atoms with E-state index in [4.69, 9.17) is 4.74 Å². The Hall–Kier alpha value is -1.77. The normalized spacial score (nSPS) is 9.21. The Bertz CT molecular complexity index is 334. The third-order valence-electron chi connectivity index (χ3n) is 1.84. The summed E-state index contributed by atoms with van der Waals surface area (Å²) < 4.78 is 4.92. The van der Waals surface area contributed by atoms with E-state index < -0.39 is 6.09 Å². The van der Waals surface area contributed by atoms with E-state index in [9.17, 15) is 4.79 Å². The Morgan fingerprint density at radius 1 is 1.57 bits per heavy atom. The van der Waals surface area contributed by atoms with E-state index in [1.165, 1.54) is 7.05 Å². The van der Waals surface area contributed by atoms with E-state index in [1.807, 2.05) is 24.3 Å². The topological polar surface area (TPSA) is 38.3 Å². The summed E-state index contributed by atoms with van der Waals surface area (Å²) >= 11 is 0. The minimum Gasteiger partial charge on any atom is -0.445 e. The van der Waals surface area contributed by atoms with Crippen LogP contribution in [0.1, 0.15) is 11.1 Å². The van der Waals surface area contributed by atoms with E-state index >= 15 is 0 Å². The van der Waals surface area contributed by atoms with Crippen LogP contribution in [0.3, 0.4) is 0 Å². The number of ether oxygens (including phenoxy) is 1. The third-order valence-corrected chi connectivity index (χ3v) is 1.84. The monoisotopic (exact) mass is 191 g/mol. The van der Waals surface area contributed by atoms with Crippen LogP contribution in [-0.4, -0.2) is 13.1 Å². The fraction of sp³-hybridized carbons (Fsp3) is 0.182. The molecular weight excluding hydrogens is 178 g/mol. The Labute approximate surface area is 83.4 Å². The number of hydrogen-bond donors (Lipinski definition) is 1. The minimum absolute atomic E-state index is 0.266. The van der Waals surface area contributed by atoms with Gasteiger partial charge in [0.25, 0.3) is 0 Å². The molecule has 3 heteroatoms. The molecule has 0 aromatic heterocycles. The van der Waals surface area contributed by atoms with Gasteiger partial charge in [-0.25, -0.2) is 4.79 Å². The van der Waals surface area contributed by atoms with Gasteiger partial charge in [0.15, 0.2) is 0 Å². The second-order valence-electron chi connectivity index (χ2n) is 2.73. The van der Waals surface area contributed by atoms with E-state index in [2.05, 4.69) is 11.9 Å². The molecule has 74 valence electrons. The Morgan fingerprint density at radius 2 is 2.29 bits per heavy atom. The van der Waals surface area contributed by atoms with Crippen molar-refractivity contribution in [3.8, 4) is 0 Å². The zero-order chi connectivity index (χ0) is 10.4. The molecule has 0 aliphatic rings. The van der Waals surface area contributed by atoms with Crippen LogP contribution < -0.4 is 5.32 Å². The molecule has 0 spiro atoms. The SMILES string of the molecule is C=Cc1ccccc1COC(=O)NC. The summed E-state index contributed by atoms with van der Waals surface area (Å²) in [4.78, 5) is 10.8. The molecule has 1 amide bonds. The van der Waals surface area contributed by atoms with Gasteiger partial charge in [0, 0.05) is 7.05 Å². The number of carbonyl (C=O) groups excluding carboxylic acids is 1. The zero-order valence-corrected chi connectivity index (χ0v) is 8.12. The Kier molecular flexibility index (Phi) is 3.73. The average molecular weight is 191 g/mol. The van der Waals surface area contributed by atoms with E-state index in [0.717, 1.165) is 11.1 Å². The van der Waals surface area contributed by atoms with Gasteiger partial charge in [0.2, 0.25) is 0 Å². The number of nitrogens with one attached hydrogen (secondary N) is 1. The van der Waals surface area contributed by atoms with Gasteiger partial charge in [-0.3, -0.25) is 0 Å². The molecule has 0 unspecified atom stereocenters. The highest BCUT2D eigenvalue weighted by atomic mass is 16.5. The van der Waals surface area contributed by atoms with Gasteiger partial charge in [-0.15, -0.1) is 0 Å². The minimum atomic E-state index is -0.427. The lowest BCUT2D eigenvalue weighted by Gasteiger charge is -2.06. The predicted molar refractivity (Wildman–Crippen MR) is 55.8 cm³/mol. The molecule has 0 aliphatic carbocycles. The van der Waals surface area contributed by atoms with Crippen molar-refractivity contribution in [2.75, 3.05) is 7.05 Å². The maximum atomic E-state index is 10.8. The van der Waals surface area contributed by atoms with Crippen molar-refractivity contribution in [3.05, 3.63) is 42.0 Å². The van der Waals surface area contributed by atoms with Crippen LogP contribution in [0.15, 0.2) is 30.8 Å². The smallest absolute Gasteiger partial charge is 0.407 e. The number of alkyl carbamates (subject to hydrolysis) is 1. The second-order valence-corrected chi connectivity index (χ2v) is 2.73. The molecule has 0 bridgehead atoms. The van der Waals surface area contributed by atoms with Crippen molar-refractivity contribution in [3.63, 3.8) is 0 Å². The fourth-order valence-electron chi connectivity index (χ4n) is 1.08. The van der Waals surface area contributed by atoms with E-state index in [0.29, 0.717) is 0 Å². The number of rotatable bonds is 3. The third kappa shape index (κ3) is 2.62. The van der Waals surface area contributed by atoms with Crippen molar-refractivity contribution in [1.29, 1.82) is 0 Å². The summed E-state index contributed by atoms with van der Waals surface area (Å²) in [6.45, 7) is 3.95. The van der Waals surface area contributed by atoms with Crippen molar-refractivity contribution in [2.24, 2.45) is 0 Å². The lowest BCUT2D eigenvalue weighted by molar-refractivity contribution is 0.142. The molecular formula is C11H13NO2. The summed E-state index contributed by atoms with van der Waals surface area (Å²) in [6, 6.07) is 7.64.